The summed E-state index contributed by atoms with van der Waals surface area (Å²) in [5.74, 6) is 3.99. The number of hydrogen-bond acceptors (Lipinski definition) is 9. The zero-order valence-corrected chi connectivity index (χ0v) is 26.4. The summed E-state index contributed by atoms with van der Waals surface area (Å²) in [6.45, 7) is 0.450. The second-order valence-electron chi connectivity index (χ2n) is 8.34. The average Bonchev–Trinajstić information content (AvgIpc) is 3.33. The minimum absolute atomic E-state index is 0.0748. The zero-order valence-electron chi connectivity index (χ0n) is 22.1. The van der Waals surface area contributed by atoms with E-state index in [1.165, 1.54) is 0 Å². The van der Waals surface area contributed by atoms with E-state index < -0.39 is 17.8 Å². The molecular formula is C29H26I2N6O5. The van der Waals surface area contributed by atoms with Gasteiger partial charge in [0, 0.05) is 37.9 Å². The van der Waals surface area contributed by atoms with Crippen molar-refractivity contribution < 1.29 is 24.0 Å². The Morgan fingerprint density at radius 1 is 0.810 bits per heavy atom. The summed E-state index contributed by atoms with van der Waals surface area (Å²) < 4.78 is 1.92. The first-order valence-electron chi connectivity index (χ1n) is 12.4. The molecule has 0 bridgehead atoms. The molecule has 1 fully saturated rings. The Bertz CT molecular complexity index is 1490. The number of halogens is 2. The number of carbonyl (C=O) groups is 4. The molecule has 5 rings (SSSR count). The van der Waals surface area contributed by atoms with Gasteiger partial charge in [-0.15, -0.1) is 5.06 Å². The molecule has 1 aliphatic heterocycles. The van der Waals surface area contributed by atoms with Gasteiger partial charge in [0.2, 0.25) is 0 Å². The Kier molecular flexibility index (Phi) is 13.3. The molecule has 0 saturated carbocycles. The SMILES string of the molecule is NNc1ccccn1.O=C(NCc1ccccn1)c1cccc(I)c1.O=C(ON1C(=O)CCC1=O)c1cccc(I)c1. The van der Waals surface area contributed by atoms with Crippen LogP contribution in [-0.2, 0) is 21.0 Å². The van der Waals surface area contributed by atoms with E-state index in [-0.39, 0.29) is 18.7 Å². The van der Waals surface area contributed by atoms with Gasteiger partial charge in [0.1, 0.15) is 5.82 Å². The minimum atomic E-state index is -0.702. The smallest absolute Gasteiger partial charge is 0.346 e. The maximum absolute atomic E-state index is 11.8. The lowest BCUT2D eigenvalue weighted by atomic mass is 10.2. The number of benzene rings is 2. The lowest BCUT2D eigenvalue weighted by Crippen LogP contribution is -2.32. The highest BCUT2D eigenvalue weighted by Crippen LogP contribution is 2.15. The van der Waals surface area contributed by atoms with Crippen LogP contribution in [0, 0.1) is 7.14 Å². The van der Waals surface area contributed by atoms with Crippen LogP contribution in [-0.4, -0.2) is 38.7 Å². The van der Waals surface area contributed by atoms with Crippen LogP contribution < -0.4 is 16.6 Å². The fourth-order valence-electron chi connectivity index (χ4n) is 3.26. The van der Waals surface area contributed by atoms with Crippen molar-refractivity contribution in [3.05, 3.63) is 121 Å². The number of hydroxylamine groups is 2. The number of rotatable bonds is 6. The van der Waals surface area contributed by atoms with Crippen LogP contribution in [0.1, 0.15) is 39.3 Å². The van der Waals surface area contributed by atoms with Gasteiger partial charge < -0.3 is 15.6 Å². The van der Waals surface area contributed by atoms with E-state index in [0.717, 1.165) is 12.8 Å². The molecule has 4 N–H and O–H groups in total. The predicted octanol–water partition coefficient (Wildman–Crippen LogP) is 4.50. The largest absolute Gasteiger partial charge is 0.363 e. The molecular weight excluding hydrogens is 766 g/mol. The van der Waals surface area contributed by atoms with Gasteiger partial charge in [-0.1, -0.05) is 24.3 Å². The van der Waals surface area contributed by atoms with E-state index in [2.05, 4.69) is 65.9 Å². The van der Waals surface area contributed by atoms with Crippen molar-refractivity contribution >= 4 is 74.7 Å². The van der Waals surface area contributed by atoms with Crippen molar-refractivity contribution in [2.24, 2.45) is 5.84 Å². The van der Waals surface area contributed by atoms with Gasteiger partial charge in [-0.3, -0.25) is 19.4 Å². The van der Waals surface area contributed by atoms with Crippen molar-refractivity contribution in [2.45, 2.75) is 19.4 Å². The molecule has 1 aliphatic rings. The van der Waals surface area contributed by atoms with Crippen LogP contribution >= 0.6 is 45.2 Å². The van der Waals surface area contributed by atoms with Gasteiger partial charge in [-0.25, -0.2) is 15.6 Å². The number of aromatic nitrogens is 2. The first-order valence-corrected chi connectivity index (χ1v) is 14.6. The summed E-state index contributed by atoms with van der Waals surface area (Å²) >= 11 is 4.24. The number of nitrogens with zero attached hydrogens (tertiary/aromatic N) is 3. The lowest BCUT2D eigenvalue weighted by Gasteiger charge is -2.12. The average molecular weight is 792 g/mol. The zero-order chi connectivity index (χ0) is 30.3. The number of amides is 3. The molecule has 0 atom stereocenters. The van der Waals surface area contributed by atoms with Gasteiger partial charge >= 0.3 is 5.97 Å². The Hall–Kier alpha value is -3.96. The molecule has 2 aromatic heterocycles. The number of nitrogens with two attached hydrogens (primary N) is 1. The Balaban J connectivity index is 0.000000184. The quantitative estimate of drug-likeness (QED) is 0.111. The molecule has 4 aromatic rings. The number of imide groups is 1. The molecule has 2 aromatic carbocycles. The summed E-state index contributed by atoms with van der Waals surface area (Å²) in [4.78, 5) is 58.8. The number of nitrogens with one attached hydrogen (secondary N) is 2. The second-order valence-corrected chi connectivity index (χ2v) is 10.8. The third-order valence-corrected chi connectivity index (χ3v) is 6.64. The van der Waals surface area contributed by atoms with Gasteiger partial charge in [-0.2, -0.15) is 0 Å². The van der Waals surface area contributed by atoms with Gasteiger partial charge in [0.05, 0.1) is 17.8 Å². The van der Waals surface area contributed by atoms with Crippen LogP contribution in [0.15, 0.2) is 97.3 Å². The van der Waals surface area contributed by atoms with Crippen molar-refractivity contribution in [1.82, 2.24) is 20.3 Å². The highest BCUT2D eigenvalue weighted by Gasteiger charge is 2.33. The highest BCUT2D eigenvalue weighted by molar-refractivity contribution is 14.1. The molecule has 3 heterocycles. The van der Waals surface area contributed by atoms with E-state index in [9.17, 15) is 19.2 Å². The van der Waals surface area contributed by atoms with Crippen LogP contribution in [0.3, 0.4) is 0 Å². The normalized spacial score (nSPS) is 11.8. The number of carbonyl (C=O) groups excluding carboxylic acids is 4. The molecule has 0 radical (unpaired) electrons. The van der Waals surface area contributed by atoms with Crippen molar-refractivity contribution in [1.29, 1.82) is 0 Å². The first-order chi connectivity index (χ1) is 20.3. The topological polar surface area (TPSA) is 157 Å². The maximum atomic E-state index is 11.8. The molecule has 0 spiro atoms. The van der Waals surface area contributed by atoms with E-state index in [0.29, 0.717) is 28.6 Å². The molecule has 42 heavy (non-hydrogen) atoms. The molecule has 1 saturated heterocycles. The summed E-state index contributed by atoms with van der Waals surface area (Å²) in [7, 11) is 0. The number of nitrogen functional groups attached to an aromatic ring is 1. The fourth-order valence-corrected chi connectivity index (χ4v) is 4.35. The van der Waals surface area contributed by atoms with Crippen LogP contribution in [0.5, 0.6) is 0 Å². The molecule has 216 valence electrons. The Morgan fingerprint density at radius 2 is 1.40 bits per heavy atom. The predicted molar refractivity (Wildman–Crippen MR) is 172 cm³/mol. The van der Waals surface area contributed by atoms with E-state index in [1.807, 2.05) is 54.6 Å². The summed E-state index contributed by atoms with van der Waals surface area (Å²) in [5.41, 5.74) is 4.25. The lowest BCUT2D eigenvalue weighted by molar-refractivity contribution is -0.172. The van der Waals surface area contributed by atoms with Crippen molar-refractivity contribution in [2.75, 3.05) is 5.43 Å². The minimum Gasteiger partial charge on any atom is -0.346 e. The number of pyridine rings is 2. The van der Waals surface area contributed by atoms with Gasteiger partial charge in [0.15, 0.2) is 0 Å². The van der Waals surface area contributed by atoms with E-state index in [4.69, 9.17) is 10.7 Å². The summed E-state index contributed by atoms with van der Waals surface area (Å²) in [5, 5.41) is 3.38. The fraction of sp³-hybridized carbons (Fsp3) is 0.103. The van der Waals surface area contributed by atoms with Gasteiger partial charge in [-0.05, 0) is 106 Å². The number of hydrazine groups is 1. The van der Waals surface area contributed by atoms with Crippen LogP contribution in [0.2, 0.25) is 0 Å². The first kappa shape index (κ1) is 32.6. The van der Waals surface area contributed by atoms with Crippen LogP contribution in [0.25, 0.3) is 0 Å². The van der Waals surface area contributed by atoms with E-state index >= 15 is 0 Å². The Morgan fingerprint density at radius 3 is 1.93 bits per heavy atom. The third-order valence-electron chi connectivity index (χ3n) is 5.30. The Labute approximate surface area is 269 Å². The number of anilines is 1. The second kappa shape index (κ2) is 17.1. The monoisotopic (exact) mass is 792 g/mol. The van der Waals surface area contributed by atoms with Crippen molar-refractivity contribution in [3.63, 3.8) is 0 Å². The van der Waals surface area contributed by atoms with Crippen molar-refractivity contribution in [3.8, 4) is 0 Å². The molecule has 0 aliphatic carbocycles. The summed E-state index contributed by atoms with van der Waals surface area (Å²) in [6, 6.07) is 25.3. The summed E-state index contributed by atoms with van der Waals surface area (Å²) in [6.07, 6.45) is 3.58. The molecule has 0 unspecified atom stereocenters. The van der Waals surface area contributed by atoms with Gasteiger partial charge in [0.25, 0.3) is 17.7 Å². The number of hydrogen-bond donors (Lipinski definition) is 3. The molecule has 3 amide bonds. The maximum Gasteiger partial charge on any atom is 0.363 e. The molecule has 11 nitrogen and oxygen atoms in total. The van der Waals surface area contributed by atoms with Crippen LogP contribution in [0.4, 0.5) is 5.82 Å². The third kappa shape index (κ3) is 10.8. The highest BCUT2D eigenvalue weighted by atomic mass is 127. The van der Waals surface area contributed by atoms with E-state index in [1.54, 1.807) is 42.7 Å². The standard InChI is InChI=1S/C13H11IN2O.C11H8INO4.C5H7N3/c14-11-5-3-4-10(8-11)13(17)16-9-12-6-1-2-7-15-12;12-8-3-1-2-7(6-8)11(16)17-13-9(14)4-5-10(13)15;6-8-5-3-1-2-4-7-5/h1-8H,9H2,(H,16,17);1-3,6H,4-5H2;1-4H,6H2,(H,7,8). The molecule has 13 heteroatoms.